The maximum atomic E-state index is 12.7. The number of anilines is 1. The van der Waals surface area contributed by atoms with E-state index in [4.69, 9.17) is 5.26 Å². The predicted octanol–water partition coefficient (Wildman–Crippen LogP) is 2.41. The minimum Gasteiger partial charge on any atom is -0.301 e. The maximum absolute atomic E-state index is 12.7. The zero-order valence-electron chi connectivity index (χ0n) is 12.1. The highest BCUT2D eigenvalue weighted by Crippen LogP contribution is 2.33. The summed E-state index contributed by atoms with van der Waals surface area (Å²) in [6.07, 6.45) is 4.23. The third-order valence-electron chi connectivity index (χ3n) is 4.35. The van der Waals surface area contributed by atoms with E-state index in [1.54, 1.807) is 6.07 Å². The number of nitrogens with zero attached hydrogens (tertiary/aromatic N) is 3. The second-order valence-electron chi connectivity index (χ2n) is 5.65. The van der Waals surface area contributed by atoms with E-state index in [-0.39, 0.29) is 11.9 Å². The van der Waals surface area contributed by atoms with Gasteiger partial charge in [-0.05, 0) is 48.8 Å². The normalized spacial score (nSPS) is 26.5. The smallest absolute Gasteiger partial charge is 0.245 e. The van der Waals surface area contributed by atoms with Crippen LogP contribution in [0, 0.1) is 17.2 Å². The Balaban J connectivity index is 1.69. The van der Waals surface area contributed by atoms with Crippen molar-refractivity contribution in [2.75, 3.05) is 36.5 Å². The van der Waals surface area contributed by atoms with Crippen LogP contribution in [0.1, 0.15) is 18.4 Å². The van der Waals surface area contributed by atoms with Crippen LogP contribution in [-0.4, -0.2) is 48.5 Å². The summed E-state index contributed by atoms with van der Waals surface area (Å²) in [6.45, 7) is 2.81. The van der Waals surface area contributed by atoms with Gasteiger partial charge in [0.2, 0.25) is 5.91 Å². The number of rotatable bonds is 4. The van der Waals surface area contributed by atoms with Crippen LogP contribution < -0.4 is 4.90 Å². The van der Waals surface area contributed by atoms with E-state index in [9.17, 15) is 4.79 Å². The molecule has 1 aromatic rings. The zero-order chi connectivity index (χ0) is 14.8. The number of hydrogen-bond donors (Lipinski definition) is 0. The molecule has 2 fully saturated rings. The fourth-order valence-electron chi connectivity index (χ4n) is 3.32. The first-order valence-corrected chi connectivity index (χ1v) is 9.54. The van der Waals surface area contributed by atoms with E-state index >= 15 is 0 Å². The first-order chi connectivity index (χ1) is 10.2. The van der Waals surface area contributed by atoms with E-state index in [1.807, 2.05) is 22.0 Å². The van der Waals surface area contributed by atoms with E-state index in [0.717, 1.165) is 37.0 Å². The van der Waals surface area contributed by atoms with Gasteiger partial charge in [-0.3, -0.25) is 9.69 Å². The summed E-state index contributed by atoms with van der Waals surface area (Å²) in [5.41, 5.74) is 0.621. The monoisotopic (exact) mass is 321 g/mol. The molecule has 2 atom stereocenters. The van der Waals surface area contributed by atoms with Crippen molar-refractivity contribution in [1.82, 2.24) is 4.90 Å². The Morgan fingerprint density at radius 3 is 3.10 bits per heavy atom. The van der Waals surface area contributed by atoms with Crippen molar-refractivity contribution >= 4 is 34.0 Å². The van der Waals surface area contributed by atoms with Crippen molar-refractivity contribution in [3.05, 3.63) is 17.0 Å². The van der Waals surface area contributed by atoms with Gasteiger partial charge in [0, 0.05) is 13.1 Å². The number of hydrogen-bond acceptors (Lipinski definition) is 5. The standard InChI is InChI=1S/C15H19N3OS2/c1-20-10-11-2-5-17(9-11)13-3-6-18(14(13)19)15-12(8-16)4-7-21-15/h4,7,11,13H,2-3,5-6,9-10H2,1H3/t11-,13-/m1/s1. The first-order valence-electron chi connectivity index (χ1n) is 7.26. The number of amides is 1. The van der Waals surface area contributed by atoms with Gasteiger partial charge in [-0.15, -0.1) is 11.3 Å². The van der Waals surface area contributed by atoms with Crippen LogP contribution in [-0.2, 0) is 4.79 Å². The van der Waals surface area contributed by atoms with Gasteiger partial charge in [-0.1, -0.05) is 0 Å². The molecule has 0 aromatic carbocycles. The molecule has 3 rings (SSSR count). The topological polar surface area (TPSA) is 47.3 Å². The quantitative estimate of drug-likeness (QED) is 0.854. The highest BCUT2D eigenvalue weighted by atomic mass is 32.2. The van der Waals surface area contributed by atoms with E-state index in [1.165, 1.54) is 23.5 Å². The molecular weight excluding hydrogens is 302 g/mol. The molecule has 3 heterocycles. The van der Waals surface area contributed by atoms with Crippen molar-refractivity contribution < 1.29 is 4.79 Å². The molecule has 1 aromatic heterocycles. The Hall–Kier alpha value is -1.03. The van der Waals surface area contributed by atoms with Gasteiger partial charge < -0.3 is 4.90 Å². The highest BCUT2D eigenvalue weighted by Gasteiger charge is 2.40. The number of carbonyl (C=O) groups excluding carboxylic acids is 1. The number of thiophene rings is 1. The number of nitriles is 1. The van der Waals surface area contributed by atoms with Crippen LogP contribution in [0.2, 0.25) is 0 Å². The van der Waals surface area contributed by atoms with Crippen LogP contribution in [0.15, 0.2) is 11.4 Å². The van der Waals surface area contributed by atoms with Gasteiger partial charge in [0.1, 0.15) is 11.1 Å². The fraction of sp³-hybridized carbons (Fsp3) is 0.600. The average molecular weight is 321 g/mol. The van der Waals surface area contributed by atoms with E-state index in [2.05, 4.69) is 17.2 Å². The molecule has 0 unspecified atom stereocenters. The molecular formula is C15H19N3OS2. The van der Waals surface area contributed by atoms with Crippen molar-refractivity contribution in [3.63, 3.8) is 0 Å². The fourth-order valence-corrected chi connectivity index (χ4v) is 4.94. The lowest BCUT2D eigenvalue weighted by Crippen LogP contribution is -2.40. The van der Waals surface area contributed by atoms with E-state index in [0.29, 0.717) is 5.56 Å². The molecule has 4 nitrogen and oxygen atoms in total. The third kappa shape index (κ3) is 2.83. The molecule has 0 bridgehead atoms. The van der Waals surface area contributed by atoms with Crippen LogP contribution in [0.5, 0.6) is 0 Å². The molecule has 112 valence electrons. The third-order valence-corrected chi connectivity index (χ3v) is 6.09. The van der Waals surface area contributed by atoms with Gasteiger partial charge in [0.05, 0.1) is 11.6 Å². The molecule has 6 heteroatoms. The molecule has 21 heavy (non-hydrogen) atoms. The first kappa shape index (κ1) is 14.9. The molecule has 2 saturated heterocycles. The Kier molecular flexibility index (Phi) is 4.53. The Morgan fingerprint density at radius 2 is 2.33 bits per heavy atom. The predicted molar refractivity (Wildman–Crippen MR) is 87.9 cm³/mol. The summed E-state index contributed by atoms with van der Waals surface area (Å²) < 4.78 is 0. The highest BCUT2D eigenvalue weighted by molar-refractivity contribution is 7.98. The Morgan fingerprint density at radius 1 is 1.48 bits per heavy atom. The van der Waals surface area contributed by atoms with Gasteiger partial charge in [-0.2, -0.15) is 17.0 Å². The zero-order valence-corrected chi connectivity index (χ0v) is 13.8. The molecule has 0 spiro atoms. The molecule has 2 aliphatic heterocycles. The van der Waals surface area contributed by atoms with Crippen LogP contribution in [0.25, 0.3) is 0 Å². The van der Waals surface area contributed by atoms with Crippen LogP contribution in [0.3, 0.4) is 0 Å². The average Bonchev–Trinajstić information content (AvgIpc) is 3.17. The van der Waals surface area contributed by atoms with Gasteiger partial charge >= 0.3 is 0 Å². The van der Waals surface area contributed by atoms with E-state index < -0.39 is 0 Å². The number of thioether (sulfide) groups is 1. The number of carbonyl (C=O) groups is 1. The van der Waals surface area contributed by atoms with Gasteiger partial charge in [0.15, 0.2) is 0 Å². The van der Waals surface area contributed by atoms with Crippen LogP contribution in [0.4, 0.5) is 5.00 Å². The van der Waals surface area contributed by atoms with Gasteiger partial charge in [-0.25, -0.2) is 0 Å². The summed E-state index contributed by atoms with van der Waals surface area (Å²) >= 11 is 3.38. The minimum atomic E-state index is 0.0190. The lowest BCUT2D eigenvalue weighted by molar-refractivity contribution is -0.121. The summed E-state index contributed by atoms with van der Waals surface area (Å²) in [6, 6.07) is 4.00. The Labute approximate surface area is 133 Å². The summed E-state index contributed by atoms with van der Waals surface area (Å²) in [5, 5.41) is 11.8. The Bertz CT molecular complexity index is 566. The minimum absolute atomic E-state index is 0.0190. The lowest BCUT2D eigenvalue weighted by atomic mass is 10.1. The summed E-state index contributed by atoms with van der Waals surface area (Å²) in [4.78, 5) is 16.9. The molecule has 0 aliphatic carbocycles. The molecule has 0 radical (unpaired) electrons. The molecule has 0 N–H and O–H groups in total. The SMILES string of the molecule is CSC[C@@H]1CCN([C@@H]2CCN(c3sccc3C#N)C2=O)C1. The lowest BCUT2D eigenvalue weighted by Gasteiger charge is -2.23. The molecule has 0 saturated carbocycles. The summed E-state index contributed by atoms with van der Waals surface area (Å²) in [7, 11) is 0. The summed E-state index contributed by atoms with van der Waals surface area (Å²) in [5.74, 6) is 2.09. The van der Waals surface area contributed by atoms with Crippen molar-refractivity contribution in [2.45, 2.75) is 18.9 Å². The van der Waals surface area contributed by atoms with Crippen molar-refractivity contribution in [3.8, 4) is 6.07 Å². The van der Waals surface area contributed by atoms with Crippen molar-refractivity contribution in [1.29, 1.82) is 5.26 Å². The molecule has 2 aliphatic rings. The second kappa shape index (κ2) is 6.39. The maximum Gasteiger partial charge on any atom is 0.245 e. The number of likely N-dealkylation sites (tertiary alicyclic amines) is 1. The van der Waals surface area contributed by atoms with Crippen molar-refractivity contribution in [2.24, 2.45) is 5.92 Å². The largest absolute Gasteiger partial charge is 0.301 e. The van der Waals surface area contributed by atoms with Crippen LogP contribution >= 0.6 is 23.1 Å². The molecule has 1 amide bonds. The van der Waals surface area contributed by atoms with Gasteiger partial charge in [0.25, 0.3) is 0 Å². The second-order valence-corrected chi connectivity index (χ2v) is 7.46.